The molecule has 0 unspecified atom stereocenters. The van der Waals surface area contributed by atoms with Crippen LogP contribution in [0.25, 0.3) is 0 Å². The summed E-state index contributed by atoms with van der Waals surface area (Å²) in [4.78, 5) is 30.6. The molecule has 34 heavy (non-hydrogen) atoms. The molecule has 3 aromatic carbocycles. The van der Waals surface area contributed by atoms with E-state index in [4.69, 9.17) is 16.3 Å². The smallest absolute Gasteiger partial charge is 0.250 e. The molecule has 1 N–H and O–H groups in total. The number of ketones is 1. The summed E-state index contributed by atoms with van der Waals surface area (Å²) in [6, 6.07) is 22.7. The van der Waals surface area contributed by atoms with Gasteiger partial charge in [-0.15, -0.1) is 11.8 Å². The first-order valence-electron chi connectivity index (χ1n) is 11.2. The van der Waals surface area contributed by atoms with Gasteiger partial charge in [-0.05, 0) is 35.9 Å². The summed E-state index contributed by atoms with van der Waals surface area (Å²) >= 11 is 8.01. The minimum atomic E-state index is -1.12. The SMILES string of the molecule is COc1ccc2c(c1)[C@]1(C(=O)N2)[C@H](C(=O)c2ccccc2)[C@@H](c2ccc(Cl)cc2)[C@@H]2CSCN21. The first kappa shape index (κ1) is 21.7. The molecule has 0 aliphatic carbocycles. The number of ether oxygens (including phenoxy) is 1. The van der Waals surface area contributed by atoms with Gasteiger partial charge in [0, 0.05) is 45.4 Å². The van der Waals surface area contributed by atoms with E-state index in [1.165, 1.54) is 0 Å². The second-order valence-corrected chi connectivity index (χ2v) is 10.4. The average molecular weight is 491 g/mol. The molecule has 1 amide bonds. The number of Topliss-reactive ketones (excluding diaryl/α,β-unsaturated/α-hetero) is 1. The number of nitrogens with zero attached hydrogens (tertiary/aromatic N) is 1. The highest BCUT2D eigenvalue weighted by atomic mass is 35.5. The number of benzene rings is 3. The third-order valence-electron chi connectivity index (χ3n) is 7.42. The van der Waals surface area contributed by atoms with Gasteiger partial charge in [-0.3, -0.25) is 14.5 Å². The fourth-order valence-electron chi connectivity index (χ4n) is 6.02. The number of carbonyl (C=O) groups excluding carboxylic acids is 2. The van der Waals surface area contributed by atoms with Crippen molar-refractivity contribution in [3.05, 3.63) is 94.5 Å². The van der Waals surface area contributed by atoms with Gasteiger partial charge in [-0.1, -0.05) is 54.1 Å². The van der Waals surface area contributed by atoms with Gasteiger partial charge in [0.15, 0.2) is 5.78 Å². The van der Waals surface area contributed by atoms with E-state index in [-0.39, 0.29) is 23.7 Å². The lowest BCUT2D eigenvalue weighted by Crippen LogP contribution is -2.52. The molecule has 4 atom stereocenters. The summed E-state index contributed by atoms with van der Waals surface area (Å²) < 4.78 is 5.53. The van der Waals surface area contributed by atoms with E-state index >= 15 is 0 Å². The number of fused-ring (bicyclic) bond motifs is 4. The Morgan fingerprint density at radius 3 is 2.62 bits per heavy atom. The zero-order chi connectivity index (χ0) is 23.4. The Bertz CT molecular complexity index is 1280. The van der Waals surface area contributed by atoms with Crippen LogP contribution in [0.15, 0.2) is 72.8 Å². The van der Waals surface area contributed by atoms with Gasteiger partial charge in [0.25, 0.3) is 0 Å². The topological polar surface area (TPSA) is 58.6 Å². The van der Waals surface area contributed by atoms with Crippen LogP contribution >= 0.6 is 23.4 Å². The number of nitrogens with one attached hydrogen (secondary N) is 1. The Morgan fingerprint density at radius 2 is 1.88 bits per heavy atom. The van der Waals surface area contributed by atoms with Crippen LogP contribution in [-0.4, -0.2) is 41.4 Å². The van der Waals surface area contributed by atoms with E-state index in [9.17, 15) is 9.59 Å². The maximum Gasteiger partial charge on any atom is 0.250 e. The number of hydrogen-bond acceptors (Lipinski definition) is 5. The molecule has 3 aliphatic rings. The summed E-state index contributed by atoms with van der Waals surface area (Å²) in [5.74, 6) is 1.26. The fraction of sp³-hybridized carbons (Fsp3) is 0.259. The van der Waals surface area contributed by atoms with Crippen molar-refractivity contribution in [2.45, 2.75) is 17.5 Å². The van der Waals surface area contributed by atoms with Crippen molar-refractivity contribution in [1.82, 2.24) is 4.90 Å². The predicted molar refractivity (Wildman–Crippen MR) is 135 cm³/mol. The van der Waals surface area contributed by atoms with Crippen LogP contribution in [0.1, 0.15) is 27.4 Å². The lowest BCUT2D eigenvalue weighted by atomic mass is 9.69. The van der Waals surface area contributed by atoms with Crippen LogP contribution in [0.5, 0.6) is 5.75 Å². The van der Waals surface area contributed by atoms with Crippen molar-refractivity contribution in [3.63, 3.8) is 0 Å². The second kappa shape index (κ2) is 8.15. The number of rotatable bonds is 4. The average Bonchev–Trinajstić information content (AvgIpc) is 3.53. The molecule has 172 valence electrons. The number of amides is 1. The summed E-state index contributed by atoms with van der Waals surface area (Å²) in [7, 11) is 1.62. The van der Waals surface area contributed by atoms with Crippen molar-refractivity contribution in [2.24, 2.45) is 5.92 Å². The van der Waals surface area contributed by atoms with Crippen LogP contribution < -0.4 is 10.1 Å². The van der Waals surface area contributed by atoms with Crippen molar-refractivity contribution < 1.29 is 14.3 Å². The second-order valence-electron chi connectivity index (χ2n) is 8.95. The molecule has 5 nitrogen and oxygen atoms in total. The van der Waals surface area contributed by atoms with E-state index in [0.29, 0.717) is 22.2 Å². The van der Waals surface area contributed by atoms with Crippen LogP contribution in [0, 0.1) is 5.92 Å². The van der Waals surface area contributed by atoms with Gasteiger partial charge in [0.05, 0.1) is 13.0 Å². The highest BCUT2D eigenvalue weighted by molar-refractivity contribution is 7.99. The third kappa shape index (κ3) is 2.98. The first-order chi connectivity index (χ1) is 16.6. The number of hydrogen-bond donors (Lipinski definition) is 1. The molecule has 2 saturated heterocycles. The van der Waals surface area contributed by atoms with Crippen molar-refractivity contribution in [2.75, 3.05) is 24.1 Å². The van der Waals surface area contributed by atoms with Crippen molar-refractivity contribution >= 4 is 40.7 Å². The minimum absolute atomic E-state index is 0.0224. The quantitative estimate of drug-likeness (QED) is 0.511. The summed E-state index contributed by atoms with van der Waals surface area (Å²) in [6.07, 6.45) is 0. The van der Waals surface area contributed by atoms with E-state index in [0.717, 1.165) is 22.6 Å². The molecular weight excluding hydrogens is 468 g/mol. The number of thioether (sulfide) groups is 1. The van der Waals surface area contributed by atoms with Gasteiger partial charge in [0.2, 0.25) is 5.91 Å². The number of anilines is 1. The van der Waals surface area contributed by atoms with Gasteiger partial charge in [-0.2, -0.15) is 0 Å². The Balaban J connectivity index is 1.62. The van der Waals surface area contributed by atoms with Crippen molar-refractivity contribution in [1.29, 1.82) is 0 Å². The summed E-state index contributed by atoms with van der Waals surface area (Å²) in [5.41, 5.74) is 2.08. The van der Waals surface area contributed by atoms with Crippen LogP contribution in [0.2, 0.25) is 5.02 Å². The highest BCUT2D eigenvalue weighted by Crippen LogP contribution is 2.61. The lowest BCUT2D eigenvalue weighted by Gasteiger charge is -2.36. The summed E-state index contributed by atoms with van der Waals surface area (Å²) in [5, 5.41) is 3.74. The van der Waals surface area contributed by atoms with Gasteiger partial charge >= 0.3 is 0 Å². The molecule has 6 rings (SSSR count). The molecule has 7 heteroatoms. The van der Waals surface area contributed by atoms with Crippen LogP contribution in [-0.2, 0) is 10.3 Å². The molecule has 2 fully saturated rings. The maximum absolute atomic E-state index is 14.3. The number of halogens is 1. The van der Waals surface area contributed by atoms with E-state index in [1.807, 2.05) is 72.8 Å². The predicted octanol–water partition coefficient (Wildman–Crippen LogP) is 5.17. The Kier molecular flexibility index (Phi) is 5.21. The van der Waals surface area contributed by atoms with E-state index < -0.39 is 11.5 Å². The number of methoxy groups -OCH3 is 1. The first-order valence-corrected chi connectivity index (χ1v) is 12.8. The van der Waals surface area contributed by atoms with E-state index in [2.05, 4.69) is 10.2 Å². The highest BCUT2D eigenvalue weighted by Gasteiger charge is 2.69. The zero-order valence-corrected chi connectivity index (χ0v) is 20.1. The zero-order valence-electron chi connectivity index (χ0n) is 18.5. The molecule has 0 aromatic heterocycles. The normalized spacial score (nSPS) is 27.5. The molecule has 3 aromatic rings. The standard InChI is InChI=1S/C27H23ClN2O3S/c1-33-19-11-12-21-20(13-19)27(26(32)29-21)24(25(31)17-5-3-2-4-6-17)23(22-14-34-15-30(22)27)16-7-9-18(28)10-8-16/h2-13,22-24H,14-15H2,1H3,(H,29,32)/t22-,23-,24-,27+/m0/s1. The van der Waals surface area contributed by atoms with Gasteiger partial charge in [0.1, 0.15) is 11.3 Å². The Labute approximate surface area is 207 Å². The molecule has 0 saturated carbocycles. The molecule has 3 aliphatic heterocycles. The fourth-order valence-corrected chi connectivity index (χ4v) is 7.47. The van der Waals surface area contributed by atoms with Gasteiger partial charge in [-0.25, -0.2) is 0 Å². The molecule has 3 heterocycles. The molecule has 0 bridgehead atoms. The van der Waals surface area contributed by atoms with Crippen LogP contribution in [0.3, 0.4) is 0 Å². The Hall–Kier alpha value is -2.80. The maximum atomic E-state index is 14.3. The van der Waals surface area contributed by atoms with Crippen LogP contribution in [0.4, 0.5) is 5.69 Å². The minimum Gasteiger partial charge on any atom is -0.497 e. The van der Waals surface area contributed by atoms with E-state index in [1.54, 1.807) is 18.9 Å². The number of carbonyl (C=O) groups is 2. The largest absolute Gasteiger partial charge is 0.497 e. The Morgan fingerprint density at radius 1 is 1.12 bits per heavy atom. The molecule has 1 spiro atoms. The van der Waals surface area contributed by atoms with Crippen molar-refractivity contribution in [3.8, 4) is 5.75 Å². The monoisotopic (exact) mass is 490 g/mol. The summed E-state index contributed by atoms with van der Waals surface area (Å²) in [6.45, 7) is 0. The molecule has 0 radical (unpaired) electrons. The lowest BCUT2D eigenvalue weighted by molar-refractivity contribution is -0.127. The van der Waals surface area contributed by atoms with Gasteiger partial charge < -0.3 is 10.1 Å². The third-order valence-corrected chi connectivity index (χ3v) is 8.71. The molecular formula is C27H23ClN2O3S.